The number of carbonyl (C=O) groups excluding carboxylic acids is 1. The summed E-state index contributed by atoms with van der Waals surface area (Å²) in [5, 5.41) is 23.9. The number of amides is 1. The largest absolute Gasteiger partial charge is 0.505 e. The molecule has 0 aliphatic rings. The quantitative estimate of drug-likeness (QED) is 0.432. The predicted molar refractivity (Wildman–Crippen MR) is 62.3 cm³/mol. The van der Waals surface area contributed by atoms with Crippen molar-refractivity contribution in [2.45, 2.75) is 6.18 Å². The number of anilines is 1. The van der Waals surface area contributed by atoms with Crippen LogP contribution in [-0.2, 0) is 4.79 Å². The Hall–Kier alpha value is -2.36. The van der Waals surface area contributed by atoms with Crippen LogP contribution < -0.4 is 10.6 Å². The summed E-state index contributed by atoms with van der Waals surface area (Å²) >= 11 is 0. The Balaban J connectivity index is 2.69. The molecule has 110 valence electrons. The summed E-state index contributed by atoms with van der Waals surface area (Å²) in [5.74, 6) is -1.50. The summed E-state index contributed by atoms with van der Waals surface area (Å²) in [5.41, 5.74) is -1.02. The number of carbonyl (C=O) groups is 1. The van der Waals surface area contributed by atoms with E-state index >= 15 is 0 Å². The smallest absolute Gasteiger partial charge is 0.401 e. The van der Waals surface area contributed by atoms with Gasteiger partial charge in [0.2, 0.25) is 5.91 Å². The van der Waals surface area contributed by atoms with Crippen LogP contribution in [0.1, 0.15) is 0 Å². The Bertz CT molecular complexity index is 519. The summed E-state index contributed by atoms with van der Waals surface area (Å²) < 4.78 is 35.5. The number of phenolic OH excluding ortho intramolecular Hbond substituents is 1. The molecule has 0 unspecified atom stereocenters. The van der Waals surface area contributed by atoms with Crippen LogP contribution in [0.3, 0.4) is 0 Å². The van der Waals surface area contributed by atoms with E-state index in [1.165, 1.54) is 6.07 Å². The number of hydrogen-bond acceptors (Lipinski definition) is 5. The maximum atomic E-state index is 11.8. The predicted octanol–water partition coefficient (Wildman–Crippen LogP) is 1.39. The van der Waals surface area contributed by atoms with E-state index in [-0.39, 0.29) is 0 Å². The van der Waals surface area contributed by atoms with Gasteiger partial charge in [0.1, 0.15) is 5.75 Å². The fourth-order valence-electron chi connectivity index (χ4n) is 1.31. The molecule has 1 amide bonds. The molecule has 0 saturated carbocycles. The van der Waals surface area contributed by atoms with E-state index in [9.17, 15) is 33.2 Å². The number of halogens is 3. The minimum atomic E-state index is -4.47. The number of para-hydroxylation sites is 1. The van der Waals surface area contributed by atoms with Crippen molar-refractivity contribution >= 4 is 17.3 Å². The van der Waals surface area contributed by atoms with Crippen LogP contribution in [0.5, 0.6) is 5.75 Å². The van der Waals surface area contributed by atoms with E-state index in [1.807, 2.05) is 10.6 Å². The molecule has 0 radical (unpaired) electrons. The summed E-state index contributed by atoms with van der Waals surface area (Å²) in [7, 11) is 0. The fraction of sp³-hybridized carbons (Fsp3) is 0.300. The van der Waals surface area contributed by atoms with Crippen molar-refractivity contribution in [3.8, 4) is 5.75 Å². The molecular weight excluding hydrogens is 283 g/mol. The molecule has 0 fully saturated rings. The minimum absolute atomic E-state index is 0.462. The summed E-state index contributed by atoms with van der Waals surface area (Å²) in [6.07, 6.45) is -4.47. The zero-order chi connectivity index (χ0) is 15.3. The molecule has 0 saturated heterocycles. The highest BCUT2D eigenvalue weighted by molar-refractivity contribution is 5.96. The van der Waals surface area contributed by atoms with Crippen LogP contribution in [0.4, 0.5) is 24.5 Å². The van der Waals surface area contributed by atoms with Crippen LogP contribution in [0, 0.1) is 10.1 Å². The second-order valence-electron chi connectivity index (χ2n) is 3.70. The van der Waals surface area contributed by atoms with Gasteiger partial charge in [-0.3, -0.25) is 14.9 Å². The van der Waals surface area contributed by atoms with Gasteiger partial charge in [-0.2, -0.15) is 13.2 Å². The highest BCUT2D eigenvalue weighted by Crippen LogP contribution is 2.32. The van der Waals surface area contributed by atoms with Gasteiger partial charge in [0.15, 0.2) is 5.69 Å². The first kappa shape index (κ1) is 15.7. The van der Waals surface area contributed by atoms with Crippen molar-refractivity contribution in [1.29, 1.82) is 0 Å². The first-order valence-corrected chi connectivity index (χ1v) is 5.24. The van der Waals surface area contributed by atoms with Gasteiger partial charge in [-0.1, -0.05) is 6.07 Å². The van der Waals surface area contributed by atoms with Gasteiger partial charge in [-0.05, 0) is 6.07 Å². The number of nitrogens with zero attached hydrogens (tertiary/aromatic N) is 1. The standard InChI is InChI=1S/C10H10F3N3O4/c11-10(12,13)5-14-4-8(18)15-9-6(16(19)20)2-1-3-7(9)17/h1-3,14,17H,4-5H2,(H,15,18). The van der Waals surface area contributed by atoms with E-state index in [1.54, 1.807) is 0 Å². The number of aromatic hydroxyl groups is 1. The van der Waals surface area contributed by atoms with Gasteiger partial charge < -0.3 is 15.7 Å². The number of rotatable bonds is 5. The molecule has 1 aromatic rings. The van der Waals surface area contributed by atoms with Crippen LogP contribution >= 0.6 is 0 Å². The van der Waals surface area contributed by atoms with E-state index in [0.717, 1.165) is 12.1 Å². The van der Waals surface area contributed by atoms with Crippen LogP contribution in [0.15, 0.2) is 18.2 Å². The van der Waals surface area contributed by atoms with Gasteiger partial charge >= 0.3 is 6.18 Å². The Morgan fingerprint density at radius 1 is 1.40 bits per heavy atom. The molecule has 3 N–H and O–H groups in total. The monoisotopic (exact) mass is 293 g/mol. The second kappa shape index (κ2) is 6.19. The minimum Gasteiger partial charge on any atom is -0.505 e. The Morgan fingerprint density at radius 2 is 2.05 bits per heavy atom. The lowest BCUT2D eigenvalue weighted by Gasteiger charge is -2.10. The third-order valence-corrected chi connectivity index (χ3v) is 2.09. The third-order valence-electron chi connectivity index (χ3n) is 2.09. The molecule has 0 aliphatic carbocycles. The second-order valence-corrected chi connectivity index (χ2v) is 3.70. The average Bonchev–Trinajstić information content (AvgIpc) is 2.29. The molecule has 0 heterocycles. The Morgan fingerprint density at radius 3 is 2.60 bits per heavy atom. The Kier molecular flexibility index (Phi) is 4.86. The first-order valence-electron chi connectivity index (χ1n) is 5.24. The van der Waals surface area contributed by atoms with E-state index in [2.05, 4.69) is 0 Å². The maximum Gasteiger partial charge on any atom is 0.401 e. The molecule has 0 aliphatic heterocycles. The lowest BCUT2D eigenvalue weighted by atomic mass is 10.2. The first-order chi connectivity index (χ1) is 9.20. The zero-order valence-corrected chi connectivity index (χ0v) is 9.90. The number of alkyl halides is 3. The van der Waals surface area contributed by atoms with Crippen molar-refractivity contribution < 1.29 is 28.0 Å². The van der Waals surface area contributed by atoms with Gasteiger partial charge in [-0.15, -0.1) is 0 Å². The molecule has 7 nitrogen and oxygen atoms in total. The number of nitro benzene ring substituents is 1. The maximum absolute atomic E-state index is 11.8. The zero-order valence-electron chi connectivity index (χ0n) is 9.90. The number of benzene rings is 1. The highest BCUT2D eigenvalue weighted by atomic mass is 19.4. The van der Waals surface area contributed by atoms with Crippen molar-refractivity contribution in [1.82, 2.24) is 5.32 Å². The molecule has 1 rings (SSSR count). The lowest BCUT2D eigenvalue weighted by Crippen LogP contribution is -2.35. The van der Waals surface area contributed by atoms with Crippen LogP contribution in [0.2, 0.25) is 0 Å². The third kappa shape index (κ3) is 4.72. The number of phenols is 1. The molecule has 10 heteroatoms. The molecule has 0 aromatic heterocycles. The van der Waals surface area contributed by atoms with E-state index < -0.39 is 47.2 Å². The summed E-state index contributed by atoms with van der Waals surface area (Å²) in [4.78, 5) is 21.2. The normalized spacial score (nSPS) is 11.2. The molecule has 0 atom stereocenters. The summed E-state index contributed by atoms with van der Waals surface area (Å²) in [6, 6.07) is 3.34. The van der Waals surface area contributed by atoms with Gasteiger partial charge in [0, 0.05) is 6.07 Å². The topological polar surface area (TPSA) is 104 Å². The van der Waals surface area contributed by atoms with E-state index in [0.29, 0.717) is 0 Å². The van der Waals surface area contributed by atoms with Crippen molar-refractivity contribution in [3.05, 3.63) is 28.3 Å². The van der Waals surface area contributed by atoms with Gasteiger partial charge in [-0.25, -0.2) is 0 Å². The molecular formula is C10H10F3N3O4. The number of nitro groups is 1. The average molecular weight is 293 g/mol. The van der Waals surface area contributed by atoms with Gasteiger partial charge in [0.25, 0.3) is 5.69 Å². The van der Waals surface area contributed by atoms with Crippen LogP contribution in [-0.4, -0.2) is 35.2 Å². The fourth-order valence-corrected chi connectivity index (χ4v) is 1.31. The molecule has 0 bridgehead atoms. The van der Waals surface area contributed by atoms with E-state index in [4.69, 9.17) is 0 Å². The Labute approximate surface area is 110 Å². The SMILES string of the molecule is O=C(CNCC(F)(F)F)Nc1c(O)cccc1[N+](=O)[O-]. The lowest BCUT2D eigenvalue weighted by molar-refractivity contribution is -0.384. The number of nitrogens with one attached hydrogen (secondary N) is 2. The highest BCUT2D eigenvalue weighted by Gasteiger charge is 2.27. The molecule has 20 heavy (non-hydrogen) atoms. The summed E-state index contributed by atoms with van der Waals surface area (Å²) in [6.45, 7) is -2.08. The number of hydrogen-bond donors (Lipinski definition) is 3. The van der Waals surface area contributed by atoms with Crippen molar-refractivity contribution in [2.24, 2.45) is 0 Å². The van der Waals surface area contributed by atoms with Crippen molar-refractivity contribution in [2.75, 3.05) is 18.4 Å². The molecule has 0 spiro atoms. The van der Waals surface area contributed by atoms with Crippen molar-refractivity contribution in [3.63, 3.8) is 0 Å². The van der Waals surface area contributed by atoms with Gasteiger partial charge in [0.05, 0.1) is 18.0 Å². The molecule has 1 aromatic carbocycles. The van der Waals surface area contributed by atoms with Crippen LogP contribution in [0.25, 0.3) is 0 Å².